The van der Waals surface area contributed by atoms with Crippen molar-refractivity contribution in [2.75, 3.05) is 20.2 Å². The molecule has 0 spiro atoms. The fourth-order valence-electron chi connectivity index (χ4n) is 2.58. The first kappa shape index (κ1) is 17.4. The van der Waals surface area contributed by atoms with Gasteiger partial charge in [0.1, 0.15) is 0 Å². The van der Waals surface area contributed by atoms with Crippen LogP contribution in [-0.4, -0.2) is 50.0 Å². The fourth-order valence-corrected chi connectivity index (χ4v) is 4.23. The number of aryl methyl sites for hydroxylation is 1. The molecule has 23 heavy (non-hydrogen) atoms. The Balaban J connectivity index is 2.33. The number of nitrogens with zero attached hydrogens (tertiary/aromatic N) is 1. The van der Waals surface area contributed by atoms with Gasteiger partial charge >= 0.3 is 11.9 Å². The number of carboxylic acids is 1. The molecule has 0 saturated carbocycles. The van der Waals surface area contributed by atoms with Crippen LogP contribution in [0.4, 0.5) is 0 Å². The minimum absolute atomic E-state index is 0.0392. The maximum Gasteiger partial charge on any atom is 0.338 e. The summed E-state index contributed by atoms with van der Waals surface area (Å²) in [6.45, 7) is 3.25. The number of hydrogen-bond acceptors (Lipinski definition) is 5. The second-order valence-electron chi connectivity index (χ2n) is 5.92. The van der Waals surface area contributed by atoms with Gasteiger partial charge in [-0.2, -0.15) is 4.31 Å². The van der Waals surface area contributed by atoms with Gasteiger partial charge < -0.3 is 9.84 Å². The Hall–Kier alpha value is -1.93. The van der Waals surface area contributed by atoms with E-state index in [1.807, 2.05) is 0 Å². The first-order valence-corrected chi connectivity index (χ1v) is 8.48. The molecule has 126 valence electrons. The Kier molecular flexibility index (Phi) is 4.50. The van der Waals surface area contributed by atoms with Crippen molar-refractivity contribution in [3.8, 4) is 0 Å². The van der Waals surface area contributed by atoms with E-state index >= 15 is 0 Å². The molecular formula is C15H19NO6S. The number of carboxylic acid groups (broad SMARTS) is 1. The van der Waals surface area contributed by atoms with E-state index in [0.717, 1.165) is 0 Å². The summed E-state index contributed by atoms with van der Waals surface area (Å²) in [7, 11) is -2.54. The summed E-state index contributed by atoms with van der Waals surface area (Å²) in [6.07, 6.45) is 0.265. The molecule has 1 atom stereocenters. The van der Waals surface area contributed by atoms with E-state index in [-0.39, 0.29) is 24.4 Å². The van der Waals surface area contributed by atoms with Crippen LogP contribution < -0.4 is 0 Å². The van der Waals surface area contributed by atoms with Crippen molar-refractivity contribution in [3.63, 3.8) is 0 Å². The molecule has 0 aliphatic carbocycles. The first-order chi connectivity index (χ1) is 10.6. The van der Waals surface area contributed by atoms with Crippen LogP contribution in [-0.2, 0) is 19.6 Å². The quantitative estimate of drug-likeness (QED) is 0.828. The van der Waals surface area contributed by atoms with Gasteiger partial charge in [0, 0.05) is 13.1 Å². The predicted octanol–water partition coefficient (Wildman–Crippen LogP) is 1.27. The third-order valence-corrected chi connectivity index (χ3v) is 6.04. The zero-order valence-electron chi connectivity index (χ0n) is 13.2. The summed E-state index contributed by atoms with van der Waals surface area (Å²) in [5, 5.41) is 9.22. The number of rotatable bonds is 4. The molecule has 0 radical (unpaired) electrons. The van der Waals surface area contributed by atoms with E-state index in [1.165, 1.54) is 36.5 Å². The number of esters is 1. The molecule has 1 aromatic carbocycles. The molecule has 0 bridgehead atoms. The molecule has 1 aliphatic rings. The summed E-state index contributed by atoms with van der Waals surface area (Å²) in [5.41, 5.74) is -0.296. The highest BCUT2D eigenvalue weighted by molar-refractivity contribution is 7.89. The molecule has 8 heteroatoms. The number of carbonyl (C=O) groups is 2. The lowest BCUT2D eigenvalue weighted by atomic mass is 9.90. The minimum Gasteiger partial charge on any atom is -0.481 e. The maximum absolute atomic E-state index is 12.7. The largest absolute Gasteiger partial charge is 0.481 e. The Morgan fingerprint density at radius 3 is 2.48 bits per heavy atom. The molecule has 7 nitrogen and oxygen atoms in total. The molecule has 1 fully saturated rings. The van der Waals surface area contributed by atoms with Crippen molar-refractivity contribution in [1.82, 2.24) is 4.31 Å². The minimum atomic E-state index is -3.80. The van der Waals surface area contributed by atoms with Crippen LogP contribution in [0.1, 0.15) is 29.3 Å². The molecule has 0 aromatic heterocycles. The smallest absolute Gasteiger partial charge is 0.338 e. The van der Waals surface area contributed by atoms with E-state index in [1.54, 1.807) is 6.92 Å². The summed E-state index contributed by atoms with van der Waals surface area (Å²) >= 11 is 0. The average Bonchev–Trinajstić information content (AvgIpc) is 2.91. The number of sulfonamides is 1. The molecule has 1 heterocycles. The third-order valence-electron chi connectivity index (χ3n) is 4.20. The van der Waals surface area contributed by atoms with Crippen molar-refractivity contribution in [2.45, 2.75) is 25.2 Å². The van der Waals surface area contributed by atoms with E-state index < -0.39 is 27.4 Å². The number of aliphatic carboxylic acids is 1. The van der Waals surface area contributed by atoms with Crippen LogP contribution in [0.5, 0.6) is 0 Å². The van der Waals surface area contributed by atoms with Gasteiger partial charge in [0.05, 0.1) is 23.0 Å². The molecule has 0 amide bonds. The molecular weight excluding hydrogens is 322 g/mol. The molecule has 1 unspecified atom stereocenters. The van der Waals surface area contributed by atoms with Gasteiger partial charge in [0.25, 0.3) is 0 Å². The van der Waals surface area contributed by atoms with E-state index in [2.05, 4.69) is 4.74 Å². The van der Waals surface area contributed by atoms with Gasteiger partial charge in [0.15, 0.2) is 0 Å². The van der Waals surface area contributed by atoms with Crippen LogP contribution >= 0.6 is 0 Å². The van der Waals surface area contributed by atoms with Crippen LogP contribution in [0.15, 0.2) is 23.1 Å². The zero-order valence-corrected chi connectivity index (χ0v) is 14.0. The number of hydrogen-bond donors (Lipinski definition) is 1. The molecule has 1 aliphatic heterocycles. The van der Waals surface area contributed by atoms with Gasteiger partial charge in [-0.1, -0.05) is 0 Å². The lowest BCUT2D eigenvalue weighted by Gasteiger charge is -2.20. The molecule has 1 saturated heterocycles. The number of carbonyl (C=O) groups excluding carboxylic acids is 1. The van der Waals surface area contributed by atoms with Gasteiger partial charge in [-0.05, 0) is 44.0 Å². The maximum atomic E-state index is 12.7. The standard InChI is InChI=1S/C15H19NO6S/c1-10-8-11(4-5-12(10)13(17)22-3)23(20,21)16-7-6-15(2,9-16)14(18)19/h4-5,8H,6-7,9H2,1-3H3,(H,18,19). The van der Waals surface area contributed by atoms with Crippen molar-refractivity contribution in [1.29, 1.82) is 0 Å². The lowest BCUT2D eigenvalue weighted by Crippen LogP contribution is -2.34. The summed E-state index contributed by atoms with van der Waals surface area (Å²) in [5.74, 6) is -1.54. The third kappa shape index (κ3) is 3.09. The normalized spacial score (nSPS) is 22.0. The second kappa shape index (κ2) is 5.93. The molecule has 2 rings (SSSR count). The Morgan fingerprint density at radius 2 is 2.00 bits per heavy atom. The van der Waals surface area contributed by atoms with Crippen molar-refractivity contribution in [2.24, 2.45) is 5.41 Å². The van der Waals surface area contributed by atoms with Crippen LogP contribution in [0.25, 0.3) is 0 Å². The summed E-state index contributed by atoms with van der Waals surface area (Å²) in [4.78, 5) is 22.9. The predicted molar refractivity (Wildman–Crippen MR) is 81.6 cm³/mol. The average molecular weight is 341 g/mol. The summed E-state index contributed by atoms with van der Waals surface area (Å²) in [6, 6.07) is 4.14. The highest BCUT2D eigenvalue weighted by Crippen LogP contribution is 2.34. The van der Waals surface area contributed by atoms with Gasteiger partial charge in [-0.15, -0.1) is 0 Å². The van der Waals surface area contributed by atoms with Crippen molar-refractivity contribution < 1.29 is 27.9 Å². The molecule has 1 aromatic rings. The zero-order chi connectivity index (χ0) is 17.4. The highest BCUT2D eigenvalue weighted by atomic mass is 32.2. The Labute approximate surface area is 134 Å². The van der Waals surface area contributed by atoms with Crippen LogP contribution in [0.3, 0.4) is 0 Å². The van der Waals surface area contributed by atoms with Crippen molar-refractivity contribution >= 4 is 22.0 Å². The first-order valence-electron chi connectivity index (χ1n) is 7.04. The number of methoxy groups -OCH3 is 1. The Morgan fingerprint density at radius 1 is 1.35 bits per heavy atom. The fraction of sp³-hybridized carbons (Fsp3) is 0.467. The Bertz CT molecular complexity index is 757. The monoisotopic (exact) mass is 341 g/mol. The van der Waals surface area contributed by atoms with Gasteiger partial charge in [-0.25, -0.2) is 13.2 Å². The summed E-state index contributed by atoms with van der Waals surface area (Å²) < 4.78 is 31.1. The lowest BCUT2D eigenvalue weighted by molar-refractivity contribution is -0.146. The number of benzene rings is 1. The number of ether oxygens (including phenoxy) is 1. The van der Waals surface area contributed by atoms with Crippen LogP contribution in [0.2, 0.25) is 0 Å². The second-order valence-corrected chi connectivity index (χ2v) is 7.86. The van der Waals surface area contributed by atoms with E-state index in [9.17, 15) is 23.1 Å². The highest BCUT2D eigenvalue weighted by Gasteiger charge is 2.44. The molecule has 1 N–H and O–H groups in total. The SMILES string of the molecule is COC(=O)c1ccc(S(=O)(=O)N2CCC(C)(C(=O)O)C2)cc1C. The van der Waals surface area contributed by atoms with E-state index in [0.29, 0.717) is 11.1 Å². The van der Waals surface area contributed by atoms with Crippen LogP contribution in [0, 0.1) is 12.3 Å². The van der Waals surface area contributed by atoms with Gasteiger partial charge in [-0.3, -0.25) is 4.79 Å². The topological polar surface area (TPSA) is 101 Å². The van der Waals surface area contributed by atoms with Crippen molar-refractivity contribution in [3.05, 3.63) is 29.3 Å². The van der Waals surface area contributed by atoms with E-state index in [4.69, 9.17) is 0 Å². The van der Waals surface area contributed by atoms with Gasteiger partial charge in [0.2, 0.25) is 10.0 Å².